The number of hydrogen-bond acceptors (Lipinski definition) is 2. The second-order valence-electron chi connectivity index (χ2n) is 2.38. The van der Waals surface area contributed by atoms with Crippen LogP contribution in [0.25, 0.3) is 0 Å². The number of aromatic nitrogens is 1. The number of halogens is 1. The lowest BCUT2D eigenvalue weighted by atomic mass is 10.2. The van der Waals surface area contributed by atoms with Crippen LogP contribution in [0.2, 0.25) is 0 Å². The van der Waals surface area contributed by atoms with Crippen molar-refractivity contribution < 1.29 is 4.74 Å². The molecule has 0 saturated carbocycles. The minimum absolute atomic E-state index is 0.670. The molecule has 0 fully saturated rings. The Bertz CT molecular complexity index is 250. The summed E-state index contributed by atoms with van der Waals surface area (Å²) in [6.07, 6.45) is 0. The lowest BCUT2D eigenvalue weighted by Crippen LogP contribution is -1.92. The summed E-state index contributed by atoms with van der Waals surface area (Å²) in [5.74, 6) is 0.670. The molecule has 0 amide bonds. The van der Waals surface area contributed by atoms with Crippen molar-refractivity contribution in [3.63, 3.8) is 0 Å². The topological polar surface area (TPSA) is 22.1 Å². The van der Waals surface area contributed by atoms with Crippen molar-refractivity contribution >= 4 is 15.9 Å². The zero-order valence-corrected chi connectivity index (χ0v) is 8.40. The Morgan fingerprint density at radius 2 is 2.09 bits per heavy atom. The molecule has 0 aliphatic heterocycles. The van der Waals surface area contributed by atoms with E-state index < -0.39 is 0 Å². The fraction of sp³-hybridized carbons (Fsp3) is 0.375. The Kier molecular flexibility index (Phi) is 2.49. The highest BCUT2D eigenvalue weighted by Crippen LogP contribution is 2.22. The van der Waals surface area contributed by atoms with E-state index in [0.717, 1.165) is 15.7 Å². The smallest absolute Gasteiger partial charge is 0.213 e. The molecule has 60 valence electrons. The molecule has 1 rings (SSSR count). The first kappa shape index (κ1) is 8.53. The van der Waals surface area contributed by atoms with Crippen LogP contribution in [0.5, 0.6) is 5.88 Å². The van der Waals surface area contributed by atoms with Crippen LogP contribution in [0, 0.1) is 13.8 Å². The van der Waals surface area contributed by atoms with Crippen molar-refractivity contribution in [3.05, 3.63) is 21.8 Å². The van der Waals surface area contributed by atoms with Gasteiger partial charge >= 0.3 is 0 Å². The lowest BCUT2D eigenvalue weighted by Gasteiger charge is -2.04. The summed E-state index contributed by atoms with van der Waals surface area (Å²) >= 11 is 3.42. The van der Waals surface area contributed by atoms with Gasteiger partial charge in [0.2, 0.25) is 5.88 Å². The summed E-state index contributed by atoms with van der Waals surface area (Å²) in [6, 6.07) is 1.90. The van der Waals surface area contributed by atoms with E-state index in [1.807, 2.05) is 19.9 Å². The van der Waals surface area contributed by atoms with Gasteiger partial charge in [-0.2, -0.15) is 0 Å². The maximum atomic E-state index is 5.00. The Hall–Kier alpha value is -0.570. The largest absolute Gasteiger partial charge is 0.481 e. The quantitative estimate of drug-likeness (QED) is 0.719. The summed E-state index contributed by atoms with van der Waals surface area (Å²) < 4.78 is 6.05. The number of aryl methyl sites for hydroxylation is 2. The number of ether oxygens (including phenoxy) is 1. The molecule has 0 N–H and O–H groups in total. The molecule has 11 heavy (non-hydrogen) atoms. The molecule has 1 aromatic heterocycles. The SMILES string of the molecule is COc1cc(C)c(Br)c(C)n1. The van der Waals surface area contributed by atoms with E-state index in [-0.39, 0.29) is 0 Å². The minimum Gasteiger partial charge on any atom is -0.481 e. The molecular formula is C8H10BrNO. The molecular weight excluding hydrogens is 206 g/mol. The van der Waals surface area contributed by atoms with Gasteiger partial charge in [0.15, 0.2) is 0 Å². The third kappa shape index (κ3) is 1.71. The molecule has 0 bridgehead atoms. The van der Waals surface area contributed by atoms with E-state index in [9.17, 15) is 0 Å². The highest BCUT2D eigenvalue weighted by molar-refractivity contribution is 9.10. The van der Waals surface area contributed by atoms with Crippen LogP contribution in [-0.2, 0) is 0 Å². The van der Waals surface area contributed by atoms with E-state index in [0.29, 0.717) is 5.88 Å². The van der Waals surface area contributed by atoms with Crippen molar-refractivity contribution in [3.8, 4) is 5.88 Å². The maximum Gasteiger partial charge on any atom is 0.213 e. The van der Waals surface area contributed by atoms with Gasteiger partial charge in [-0.15, -0.1) is 0 Å². The van der Waals surface area contributed by atoms with Gasteiger partial charge in [0.05, 0.1) is 12.8 Å². The third-order valence-corrected chi connectivity index (χ3v) is 2.69. The van der Waals surface area contributed by atoms with Gasteiger partial charge in [-0.05, 0) is 35.3 Å². The van der Waals surface area contributed by atoms with Gasteiger partial charge in [0.25, 0.3) is 0 Å². The molecule has 0 spiro atoms. The standard InChI is InChI=1S/C8H10BrNO/c1-5-4-7(11-3)10-6(2)8(5)9/h4H,1-3H3. The molecule has 0 saturated heterocycles. The molecule has 1 aromatic rings. The molecule has 0 unspecified atom stereocenters. The van der Waals surface area contributed by atoms with Crippen molar-refractivity contribution in [2.45, 2.75) is 13.8 Å². The predicted octanol–water partition coefficient (Wildman–Crippen LogP) is 2.47. The summed E-state index contributed by atoms with van der Waals surface area (Å²) in [7, 11) is 1.62. The molecule has 0 aliphatic carbocycles. The number of rotatable bonds is 1. The Labute approximate surface area is 74.7 Å². The fourth-order valence-corrected chi connectivity index (χ4v) is 1.09. The van der Waals surface area contributed by atoms with Gasteiger partial charge in [-0.3, -0.25) is 0 Å². The fourth-order valence-electron chi connectivity index (χ4n) is 0.885. The minimum atomic E-state index is 0.670. The monoisotopic (exact) mass is 215 g/mol. The van der Waals surface area contributed by atoms with E-state index >= 15 is 0 Å². The molecule has 3 heteroatoms. The van der Waals surface area contributed by atoms with Gasteiger partial charge in [0, 0.05) is 10.5 Å². The first-order chi connectivity index (χ1) is 5.15. The average molecular weight is 216 g/mol. The van der Waals surface area contributed by atoms with Crippen LogP contribution in [0.3, 0.4) is 0 Å². The first-order valence-corrected chi connectivity index (χ1v) is 4.12. The zero-order chi connectivity index (χ0) is 8.43. The Morgan fingerprint density at radius 3 is 2.55 bits per heavy atom. The summed E-state index contributed by atoms with van der Waals surface area (Å²) in [5, 5.41) is 0. The maximum absolute atomic E-state index is 5.00. The van der Waals surface area contributed by atoms with E-state index in [4.69, 9.17) is 4.74 Å². The third-order valence-electron chi connectivity index (χ3n) is 1.49. The predicted molar refractivity (Wildman–Crippen MR) is 48.0 cm³/mol. The number of hydrogen-bond donors (Lipinski definition) is 0. The molecule has 0 aliphatic rings. The highest BCUT2D eigenvalue weighted by Gasteiger charge is 2.02. The summed E-state index contributed by atoms with van der Waals surface area (Å²) in [4.78, 5) is 4.18. The average Bonchev–Trinajstić information content (AvgIpc) is 1.99. The van der Waals surface area contributed by atoms with Gasteiger partial charge in [-0.1, -0.05) is 0 Å². The lowest BCUT2D eigenvalue weighted by molar-refractivity contribution is 0.396. The molecule has 2 nitrogen and oxygen atoms in total. The van der Waals surface area contributed by atoms with Crippen molar-refractivity contribution in [1.29, 1.82) is 0 Å². The number of nitrogens with zero attached hydrogens (tertiary/aromatic N) is 1. The van der Waals surface area contributed by atoms with Crippen molar-refractivity contribution in [2.24, 2.45) is 0 Å². The van der Waals surface area contributed by atoms with Crippen molar-refractivity contribution in [2.75, 3.05) is 7.11 Å². The van der Waals surface area contributed by atoms with Crippen LogP contribution in [-0.4, -0.2) is 12.1 Å². The summed E-state index contributed by atoms with van der Waals surface area (Å²) in [5.41, 5.74) is 2.11. The van der Waals surface area contributed by atoms with Crippen LogP contribution >= 0.6 is 15.9 Å². The van der Waals surface area contributed by atoms with E-state index in [2.05, 4.69) is 20.9 Å². The Balaban J connectivity index is 3.21. The van der Waals surface area contributed by atoms with Crippen LogP contribution in [0.4, 0.5) is 0 Å². The highest BCUT2D eigenvalue weighted by atomic mass is 79.9. The molecule has 0 aromatic carbocycles. The first-order valence-electron chi connectivity index (χ1n) is 3.33. The zero-order valence-electron chi connectivity index (χ0n) is 6.81. The Morgan fingerprint density at radius 1 is 1.45 bits per heavy atom. The van der Waals surface area contributed by atoms with Crippen molar-refractivity contribution in [1.82, 2.24) is 4.98 Å². The molecule has 1 heterocycles. The second-order valence-corrected chi connectivity index (χ2v) is 3.17. The van der Waals surface area contributed by atoms with Gasteiger partial charge in [-0.25, -0.2) is 4.98 Å². The number of methoxy groups -OCH3 is 1. The molecule has 0 radical (unpaired) electrons. The van der Waals surface area contributed by atoms with Crippen LogP contribution < -0.4 is 4.74 Å². The van der Waals surface area contributed by atoms with Crippen LogP contribution in [0.15, 0.2) is 10.5 Å². The van der Waals surface area contributed by atoms with Gasteiger partial charge in [0.1, 0.15) is 0 Å². The summed E-state index contributed by atoms with van der Waals surface area (Å²) in [6.45, 7) is 3.96. The number of pyridine rings is 1. The van der Waals surface area contributed by atoms with E-state index in [1.54, 1.807) is 7.11 Å². The van der Waals surface area contributed by atoms with Gasteiger partial charge < -0.3 is 4.74 Å². The second kappa shape index (κ2) is 3.22. The normalized spacial score (nSPS) is 9.82. The molecule has 0 atom stereocenters. The van der Waals surface area contributed by atoms with Crippen LogP contribution in [0.1, 0.15) is 11.3 Å². The van der Waals surface area contributed by atoms with E-state index in [1.165, 1.54) is 0 Å².